The van der Waals surface area contributed by atoms with E-state index in [4.69, 9.17) is 14.7 Å². The Balaban J connectivity index is 1.42. The minimum atomic E-state index is -4.38. The van der Waals surface area contributed by atoms with Crippen LogP contribution in [-0.2, 0) is 39.7 Å². The number of benzene rings is 4. The van der Waals surface area contributed by atoms with Crippen LogP contribution in [0.2, 0.25) is 0 Å². The first-order chi connectivity index (χ1) is 29.0. The van der Waals surface area contributed by atoms with E-state index >= 15 is 0 Å². The zero-order chi connectivity index (χ0) is 44.0. The van der Waals surface area contributed by atoms with Crippen molar-refractivity contribution >= 4 is 94.4 Å². The molecule has 0 fully saturated rings. The average Bonchev–Trinajstić information content (AvgIpc) is 3.20. The highest BCUT2D eigenvalue weighted by Crippen LogP contribution is 2.35. The van der Waals surface area contributed by atoms with E-state index < -0.39 is 41.9 Å². The Bertz CT molecular complexity index is 2710. The molecule has 61 heavy (non-hydrogen) atoms. The smallest absolute Gasteiger partial charge is 0.294 e. The standard InChI is InChI=1S/C33H34N10O14S4/c1-54-29-19-23(42-40-21-6-10-26(11-7-21)61(51,52)53)8-12-27(29)35-32-37-31(34-14-17-60(48,49)50)38-33(39-32)36-28-13-9-24(20-30(28)55-15-3-16-59(45,46)47)43-41-22-4-2-5-25(18-22)58-57-56-44/h2,4-13,18-20,44H,3,14-17H2,1H3,(H,45,46,47)(H,48,49,50)(H,51,52,53)(H3,34,35,36,37,38,39). The molecule has 0 unspecified atom stereocenters. The Hall–Kier alpha value is -5.95. The molecule has 4 aromatic carbocycles. The van der Waals surface area contributed by atoms with E-state index in [9.17, 15) is 38.9 Å². The largest absolute Gasteiger partial charge is 0.494 e. The van der Waals surface area contributed by atoms with Gasteiger partial charge in [-0.25, -0.2) is 5.26 Å². The fraction of sp³-hybridized carbons (Fsp3) is 0.182. The topological polar surface area (TPSA) is 344 Å². The molecule has 0 radical (unpaired) electrons. The number of rotatable bonds is 22. The molecule has 1 heterocycles. The lowest BCUT2D eigenvalue weighted by Crippen LogP contribution is -2.17. The molecule has 24 nitrogen and oxygen atoms in total. The summed E-state index contributed by atoms with van der Waals surface area (Å²) in [6.45, 7) is -0.460. The maximum atomic E-state index is 11.4. The number of azo groups is 2. The van der Waals surface area contributed by atoms with Gasteiger partial charge in [0.05, 0.1) is 76.3 Å². The Kier molecular flexibility index (Phi) is 15.9. The van der Waals surface area contributed by atoms with Crippen molar-refractivity contribution in [2.45, 2.75) is 16.2 Å². The first-order valence-electron chi connectivity index (χ1n) is 17.0. The lowest BCUT2D eigenvalue weighted by Gasteiger charge is -2.15. The molecule has 5 aromatic rings. The van der Waals surface area contributed by atoms with Gasteiger partial charge in [-0.1, -0.05) is 11.1 Å². The second-order valence-corrected chi connectivity index (χ2v) is 17.3. The number of hydrogen-bond acceptors (Lipinski definition) is 22. The number of methoxy groups -OCH3 is 1. The summed E-state index contributed by atoms with van der Waals surface area (Å²) >= 11 is 0.728. The highest BCUT2D eigenvalue weighted by atomic mass is 32.2. The monoisotopic (exact) mass is 922 g/mol. The van der Waals surface area contributed by atoms with Crippen LogP contribution in [-0.4, -0.2) is 90.9 Å². The SMILES string of the molecule is COc1cc(N=Nc2ccc(S(=O)(=O)O)cc2)ccc1Nc1nc(NCCS(=O)(=O)O)nc(Nc2ccc(N=Nc3cccc(SOOO)c3)cc2OCCCS(=O)(=O)O)n1. The van der Waals surface area contributed by atoms with Crippen molar-refractivity contribution in [3.63, 3.8) is 0 Å². The van der Waals surface area contributed by atoms with Crippen molar-refractivity contribution in [3.8, 4) is 11.5 Å². The van der Waals surface area contributed by atoms with E-state index in [1.165, 1.54) is 49.6 Å². The molecule has 0 saturated heterocycles. The number of ether oxygens (including phenoxy) is 2. The molecule has 5 rings (SSSR count). The lowest BCUT2D eigenvalue weighted by atomic mass is 10.2. The summed E-state index contributed by atoms with van der Waals surface area (Å²) in [5, 5.41) is 37.4. The van der Waals surface area contributed by atoms with Crippen LogP contribution in [0, 0.1) is 0 Å². The Morgan fingerprint density at radius 1 is 0.656 bits per heavy atom. The molecule has 0 aliphatic heterocycles. The first kappa shape index (κ1) is 46.1. The third-order valence-electron chi connectivity index (χ3n) is 7.40. The summed E-state index contributed by atoms with van der Waals surface area (Å²) < 4.78 is 112. The van der Waals surface area contributed by atoms with Crippen molar-refractivity contribution in [1.82, 2.24) is 15.0 Å². The van der Waals surface area contributed by atoms with Crippen molar-refractivity contribution in [1.29, 1.82) is 0 Å². The number of nitrogens with zero attached hydrogens (tertiary/aromatic N) is 7. The molecule has 0 aliphatic carbocycles. The minimum absolute atomic E-state index is 0.0814. The van der Waals surface area contributed by atoms with Gasteiger partial charge in [0.2, 0.25) is 17.8 Å². The van der Waals surface area contributed by atoms with Gasteiger partial charge in [0.15, 0.2) is 0 Å². The number of aromatic nitrogens is 3. The summed E-state index contributed by atoms with van der Waals surface area (Å²) in [6, 6.07) is 20.8. The first-order valence-corrected chi connectivity index (χ1v) is 22.4. The summed E-state index contributed by atoms with van der Waals surface area (Å²) in [5.41, 5.74) is 1.89. The van der Waals surface area contributed by atoms with E-state index in [-0.39, 0.29) is 59.5 Å². The van der Waals surface area contributed by atoms with Crippen LogP contribution in [0.25, 0.3) is 0 Å². The highest BCUT2D eigenvalue weighted by Gasteiger charge is 2.15. The highest BCUT2D eigenvalue weighted by molar-refractivity contribution is 7.94. The molecule has 7 N–H and O–H groups in total. The quantitative estimate of drug-likeness (QED) is 0.00933. The fourth-order valence-electron chi connectivity index (χ4n) is 4.73. The Labute approximate surface area is 351 Å². The van der Waals surface area contributed by atoms with Gasteiger partial charge in [-0.05, 0) is 73.2 Å². The molecule has 28 heteroatoms. The molecule has 1 aromatic heterocycles. The minimum Gasteiger partial charge on any atom is -0.494 e. The van der Waals surface area contributed by atoms with Gasteiger partial charge in [-0.15, -0.1) is 4.33 Å². The van der Waals surface area contributed by atoms with E-state index in [2.05, 4.69) is 60.7 Å². The van der Waals surface area contributed by atoms with Crippen LogP contribution < -0.4 is 25.4 Å². The normalized spacial score (nSPS) is 12.1. The van der Waals surface area contributed by atoms with Crippen LogP contribution in [0.15, 0.2) is 115 Å². The molecule has 0 saturated carbocycles. The van der Waals surface area contributed by atoms with Crippen molar-refractivity contribution in [3.05, 3.63) is 84.9 Å². The summed E-state index contributed by atoms with van der Waals surface area (Å²) in [7, 11) is -11.6. The fourth-order valence-corrected chi connectivity index (χ4v) is 6.47. The lowest BCUT2D eigenvalue weighted by molar-refractivity contribution is -0.432. The summed E-state index contributed by atoms with van der Waals surface area (Å²) in [6.07, 6.45) is -0.0814. The van der Waals surface area contributed by atoms with E-state index in [1.54, 1.807) is 42.5 Å². The molecule has 0 atom stereocenters. The van der Waals surface area contributed by atoms with Crippen molar-refractivity contribution in [2.75, 3.05) is 47.7 Å². The third-order valence-corrected chi connectivity index (χ3v) is 10.4. The number of hydrogen-bond donors (Lipinski definition) is 7. The van der Waals surface area contributed by atoms with Crippen LogP contribution in [0.4, 0.5) is 52.0 Å². The molecule has 0 bridgehead atoms. The van der Waals surface area contributed by atoms with Gasteiger partial charge in [0.1, 0.15) is 11.5 Å². The summed E-state index contributed by atoms with van der Waals surface area (Å²) in [4.78, 5) is 13.2. The molecular weight excluding hydrogens is 889 g/mol. The van der Waals surface area contributed by atoms with E-state index in [0.717, 1.165) is 12.0 Å². The predicted molar refractivity (Wildman–Crippen MR) is 219 cm³/mol. The van der Waals surface area contributed by atoms with Gasteiger partial charge in [-0.2, -0.15) is 60.7 Å². The molecule has 324 valence electrons. The maximum absolute atomic E-state index is 11.4. The van der Waals surface area contributed by atoms with Crippen LogP contribution in [0.1, 0.15) is 6.42 Å². The van der Waals surface area contributed by atoms with Crippen molar-refractivity contribution in [2.24, 2.45) is 20.5 Å². The predicted octanol–water partition coefficient (Wildman–Crippen LogP) is 6.83. The van der Waals surface area contributed by atoms with Gasteiger partial charge < -0.3 is 25.4 Å². The number of nitrogens with one attached hydrogen (secondary N) is 3. The molecule has 0 amide bonds. The summed E-state index contributed by atoms with van der Waals surface area (Å²) in [5.74, 6) is -1.21. The van der Waals surface area contributed by atoms with Crippen LogP contribution in [0.5, 0.6) is 11.5 Å². The van der Waals surface area contributed by atoms with Crippen molar-refractivity contribution < 1.29 is 63.0 Å². The third kappa shape index (κ3) is 15.5. The van der Waals surface area contributed by atoms with Gasteiger partial charge >= 0.3 is 0 Å². The molecule has 0 aliphatic rings. The zero-order valence-corrected chi connectivity index (χ0v) is 34.5. The van der Waals surface area contributed by atoms with E-state index in [1.807, 2.05) is 0 Å². The van der Waals surface area contributed by atoms with Crippen LogP contribution in [0.3, 0.4) is 0 Å². The Morgan fingerprint density at radius 2 is 1.20 bits per heavy atom. The van der Waals surface area contributed by atoms with Gasteiger partial charge in [0, 0.05) is 23.6 Å². The second kappa shape index (κ2) is 21.0. The molecular formula is C33H34N10O14S4. The second-order valence-electron chi connectivity index (χ2n) is 11.9. The van der Waals surface area contributed by atoms with Crippen LogP contribution >= 0.6 is 12.0 Å². The van der Waals surface area contributed by atoms with E-state index in [0.29, 0.717) is 33.3 Å². The number of anilines is 5. The van der Waals surface area contributed by atoms with Gasteiger partial charge in [-0.3, -0.25) is 13.7 Å². The Morgan fingerprint density at radius 3 is 1.77 bits per heavy atom. The average molecular weight is 923 g/mol. The molecule has 0 spiro atoms. The zero-order valence-electron chi connectivity index (χ0n) is 31.3. The maximum Gasteiger partial charge on any atom is 0.294 e. The van der Waals surface area contributed by atoms with Gasteiger partial charge in [0.25, 0.3) is 30.4 Å².